The first kappa shape index (κ1) is 23.2. The standard InChI is InChI=1S/C24H22ClFN10O/c1-13(2)34-12-14(9-31-34)24(3)8-16(17-11-27-20-7-19(26)33-35(20)21(17)24)23(37)32-15-6-18(25)22(28-10-15)36-29-4-5-30-36/h4-7,9-13,16H,8H2,1-3H3,(H,32,37)/t16-,24+/m1/s1. The molecule has 2 atom stereocenters. The lowest BCUT2D eigenvalue weighted by molar-refractivity contribution is -0.117. The Hall–Kier alpha value is -4.19. The number of carbonyl (C=O) groups is 1. The fraction of sp³-hybridized carbons (Fsp3) is 0.292. The molecular formula is C24H22ClFN10O. The lowest BCUT2D eigenvalue weighted by atomic mass is 9.80. The lowest BCUT2D eigenvalue weighted by Gasteiger charge is -2.24. The summed E-state index contributed by atoms with van der Waals surface area (Å²) in [5.41, 5.74) is 2.41. The van der Waals surface area contributed by atoms with Crippen LogP contribution in [0, 0.1) is 5.95 Å². The van der Waals surface area contributed by atoms with Crippen LogP contribution in [0.4, 0.5) is 10.1 Å². The highest BCUT2D eigenvalue weighted by Crippen LogP contribution is 2.50. The van der Waals surface area contributed by atoms with Crippen LogP contribution in [0.15, 0.2) is 49.3 Å². The number of hydrogen-bond donors (Lipinski definition) is 1. The van der Waals surface area contributed by atoms with Crippen LogP contribution >= 0.6 is 11.6 Å². The zero-order valence-corrected chi connectivity index (χ0v) is 20.9. The van der Waals surface area contributed by atoms with Crippen LogP contribution in [0.5, 0.6) is 0 Å². The molecule has 1 N–H and O–H groups in total. The molecular weight excluding hydrogens is 499 g/mol. The van der Waals surface area contributed by atoms with Crippen molar-refractivity contribution in [1.82, 2.24) is 44.4 Å². The number of nitrogens with zero attached hydrogens (tertiary/aromatic N) is 9. The summed E-state index contributed by atoms with van der Waals surface area (Å²) < 4.78 is 17.5. The molecule has 0 spiro atoms. The monoisotopic (exact) mass is 520 g/mol. The molecule has 0 saturated heterocycles. The Labute approximate surface area is 215 Å². The molecule has 0 radical (unpaired) electrons. The molecule has 0 unspecified atom stereocenters. The quantitative estimate of drug-likeness (QED) is 0.375. The first-order chi connectivity index (χ1) is 17.7. The van der Waals surface area contributed by atoms with E-state index < -0.39 is 17.3 Å². The number of amides is 1. The van der Waals surface area contributed by atoms with Gasteiger partial charge in [-0.2, -0.15) is 19.7 Å². The molecule has 0 aromatic carbocycles. The van der Waals surface area contributed by atoms with Crippen LogP contribution < -0.4 is 5.32 Å². The number of nitrogens with one attached hydrogen (secondary N) is 1. The third-order valence-corrected chi connectivity index (χ3v) is 7.05. The summed E-state index contributed by atoms with van der Waals surface area (Å²) in [7, 11) is 0. The van der Waals surface area contributed by atoms with Gasteiger partial charge >= 0.3 is 0 Å². The number of aromatic nitrogens is 9. The van der Waals surface area contributed by atoms with Crippen molar-refractivity contribution in [2.45, 2.75) is 44.6 Å². The van der Waals surface area contributed by atoms with Crippen molar-refractivity contribution < 1.29 is 9.18 Å². The second kappa shape index (κ2) is 8.44. The SMILES string of the molecule is CC(C)n1cc([C@]2(C)C[C@@H](C(=O)Nc3cnc(-n4nccn4)c(Cl)c3)c3cnc4cc(F)nn4c32)cn1. The van der Waals surface area contributed by atoms with Gasteiger partial charge in [0.15, 0.2) is 11.5 Å². The molecule has 1 aliphatic rings. The predicted molar refractivity (Wildman–Crippen MR) is 132 cm³/mol. The molecule has 0 aliphatic heterocycles. The molecule has 13 heteroatoms. The number of anilines is 1. The van der Waals surface area contributed by atoms with E-state index in [1.807, 2.05) is 31.6 Å². The Bertz CT molecular complexity index is 1640. The molecule has 1 aliphatic carbocycles. The fourth-order valence-corrected chi connectivity index (χ4v) is 5.18. The average Bonchev–Trinajstić information content (AvgIpc) is 3.64. The van der Waals surface area contributed by atoms with Crippen molar-refractivity contribution in [3.8, 4) is 5.82 Å². The molecule has 37 heavy (non-hydrogen) atoms. The van der Waals surface area contributed by atoms with E-state index in [0.717, 1.165) is 5.56 Å². The maximum absolute atomic E-state index is 14.2. The minimum Gasteiger partial charge on any atom is -0.324 e. The fourth-order valence-electron chi connectivity index (χ4n) is 4.94. The molecule has 0 saturated carbocycles. The molecule has 0 fully saturated rings. The van der Waals surface area contributed by atoms with Gasteiger partial charge in [-0.15, -0.1) is 9.90 Å². The van der Waals surface area contributed by atoms with Crippen molar-refractivity contribution in [1.29, 1.82) is 0 Å². The van der Waals surface area contributed by atoms with Crippen LogP contribution in [0.1, 0.15) is 56.0 Å². The van der Waals surface area contributed by atoms with Gasteiger partial charge in [0.05, 0.1) is 47.1 Å². The molecule has 1 amide bonds. The van der Waals surface area contributed by atoms with Gasteiger partial charge in [-0.05, 0) is 33.3 Å². The first-order valence-electron chi connectivity index (χ1n) is 11.7. The number of fused-ring (bicyclic) bond motifs is 3. The van der Waals surface area contributed by atoms with Crippen molar-refractivity contribution >= 4 is 28.8 Å². The maximum Gasteiger partial charge on any atom is 0.235 e. The van der Waals surface area contributed by atoms with Gasteiger partial charge in [0.1, 0.15) is 0 Å². The molecule has 5 heterocycles. The first-order valence-corrected chi connectivity index (χ1v) is 12.0. The van der Waals surface area contributed by atoms with Gasteiger partial charge in [-0.1, -0.05) is 11.6 Å². The Morgan fingerprint density at radius 1 is 1.16 bits per heavy atom. The van der Waals surface area contributed by atoms with Crippen LogP contribution in [-0.4, -0.2) is 50.3 Å². The normalized spacial score (nSPS) is 19.0. The highest BCUT2D eigenvalue weighted by molar-refractivity contribution is 6.32. The Balaban J connectivity index is 1.38. The van der Waals surface area contributed by atoms with Gasteiger partial charge < -0.3 is 5.32 Å². The summed E-state index contributed by atoms with van der Waals surface area (Å²) in [6, 6.07) is 3.03. The number of halogens is 2. The number of rotatable bonds is 5. The van der Waals surface area contributed by atoms with Gasteiger partial charge in [-0.3, -0.25) is 9.48 Å². The molecule has 188 valence electrons. The van der Waals surface area contributed by atoms with Crippen molar-refractivity contribution in [3.05, 3.63) is 77.1 Å². The summed E-state index contributed by atoms with van der Waals surface area (Å²) in [6.07, 6.45) is 10.3. The Morgan fingerprint density at radius 3 is 2.65 bits per heavy atom. The molecule has 11 nitrogen and oxygen atoms in total. The Kier molecular flexibility index (Phi) is 5.30. The molecule has 0 bridgehead atoms. The van der Waals surface area contributed by atoms with E-state index >= 15 is 0 Å². The topological polar surface area (TPSA) is 121 Å². The van der Waals surface area contributed by atoms with Crippen LogP contribution in [-0.2, 0) is 10.2 Å². The minimum absolute atomic E-state index is 0.161. The summed E-state index contributed by atoms with van der Waals surface area (Å²) >= 11 is 6.38. The van der Waals surface area contributed by atoms with E-state index in [1.165, 1.54) is 34.0 Å². The second-order valence-electron chi connectivity index (χ2n) is 9.53. The van der Waals surface area contributed by atoms with Crippen molar-refractivity contribution in [3.63, 3.8) is 0 Å². The average molecular weight is 521 g/mol. The predicted octanol–water partition coefficient (Wildman–Crippen LogP) is 3.71. The highest BCUT2D eigenvalue weighted by Gasteiger charge is 2.48. The number of hydrogen-bond acceptors (Lipinski definition) is 7. The van der Waals surface area contributed by atoms with E-state index in [1.54, 1.807) is 18.5 Å². The van der Waals surface area contributed by atoms with Crippen LogP contribution in [0.3, 0.4) is 0 Å². The lowest BCUT2D eigenvalue weighted by Crippen LogP contribution is -2.25. The van der Waals surface area contributed by atoms with E-state index in [2.05, 4.69) is 35.7 Å². The third kappa shape index (κ3) is 3.75. The summed E-state index contributed by atoms with van der Waals surface area (Å²) in [5, 5.41) is 19.8. The van der Waals surface area contributed by atoms with Crippen molar-refractivity contribution in [2.24, 2.45) is 0 Å². The summed E-state index contributed by atoms with van der Waals surface area (Å²) in [5.74, 6) is -1.14. The van der Waals surface area contributed by atoms with Gasteiger partial charge in [0.25, 0.3) is 0 Å². The molecule has 5 aromatic rings. The highest BCUT2D eigenvalue weighted by atomic mass is 35.5. The van der Waals surface area contributed by atoms with Gasteiger partial charge in [0.2, 0.25) is 11.9 Å². The zero-order valence-electron chi connectivity index (χ0n) is 20.2. The van der Waals surface area contributed by atoms with E-state index in [9.17, 15) is 9.18 Å². The second-order valence-corrected chi connectivity index (χ2v) is 9.94. The third-order valence-electron chi connectivity index (χ3n) is 6.77. The van der Waals surface area contributed by atoms with E-state index in [-0.39, 0.29) is 17.0 Å². The maximum atomic E-state index is 14.2. The zero-order chi connectivity index (χ0) is 25.9. The van der Waals surface area contributed by atoms with Gasteiger partial charge in [0, 0.05) is 41.0 Å². The number of pyridine rings is 1. The molecule has 5 aromatic heterocycles. The summed E-state index contributed by atoms with van der Waals surface area (Å²) in [4.78, 5) is 23.6. The van der Waals surface area contributed by atoms with E-state index in [4.69, 9.17) is 11.6 Å². The van der Waals surface area contributed by atoms with Crippen LogP contribution in [0.25, 0.3) is 11.5 Å². The van der Waals surface area contributed by atoms with Gasteiger partial charge in [-0.25, -0.2) is 14.5 Å². The smallest absolute Gasteiger partial charge is 0.235 e. The van der Waals surface area contributed by atoms with Crippen molar-refractivity contribution in [2.75, 3.05) is 5.32 Å². The number of carbonyl (C=O) groups excluding carboxylic acids is 1. The van der Waals surface area contributed by atoms with Crippen LogP contribution in [0.2, 0.25) is 5.02 Å². The van der Waals surface area contributed by atoms with E-state index in [0.29, 0.717) is 34.8 Å². The minimum atomic E-state index is -0.671. The largest absolute Gasteiger partial charge is 0.324 e. The Morgan fingerprint density at radius 2 is 1.95 bits per heavy atom. The summed E-state index contributed by atoms with van der Waals surface area (Å²) in [6.45, 7) is 6.09. The molecule has 6 rings (SSSR count).